The number of benzene rings is 1. The third-order valence-electron chi connectivity index (χ3n) is 6.37. The van der Waals surface area contributed by atoms with Crippen LogP contribution < -0.4 is 10.9 Å². The Morgan fingerprint density at radius 1 is 1.18 bits per heavy atom. The first kappa shape index (κ1) is 24.2. The van der Waals surface area contributed by atoms with E-state index in [-0.39, 0.29) is 22.7 Å². The normalized spacial score (nSPS) is 16.5. The van der Waals surface area contributed by atoms with E-state index in [0.717, 1.165) is 25.2 Å². The summed E-state index contributed by atoms with van der Waals surface area (Å²) in [4.78, 5) is 21.4. The number of anilines is 1. The second-order valence-corrected chi connectivity index (χ2v) is 11.1. The van der Waals surface area contributed by atoms with Crippen molar-refractivity contribution in [3.63, 3.8) is 0 Å². The van der Waals surface area contributed by atoms with Crippen LogP contribution in [-0.2, 0) is 21.6 Å². The molecule has 1 fully saturated rings. The number of sulfone groups is 1. The Balaban J connectivity index is 1.92. The van der Waals surface area contributed by atoms with Crippen molar-refractivity contribution in [1.29, 1.82) is 0 Å². The molecular formula is C23H25F3N4O3S. The lowest BCUT2D eigenvalue weighted by molar-refractivity contribution is -0.138. The summed E-state index contributed by atoms with van der Waals surface area (Å²) in [6.07, 6.45) is -0.541. The molecular weight excluding hydrogens is 469 g/mol. The van der Waals surface area contributed by atoms with Gasteiger partial charge in [-0.3, -0.25) is 4.79 Å². The Kier molecular flexibility index (Phi) is 5.54. The number of aromatic nitrogens is 3. The number of nitrogens with one attached hydrogen (secondary N) is 1. The summed E-state index contributed by atoms with van der Waals surface area (Å²) in [6.45, 7) is 6.53. The van der Waals surface area contributed by atoms with Gasteiger partial charge in [0, 0.05) is 18.0 Å². The predicted molar refractivity (Wildman–Crippen MR) is 123 cm³/mol. The molecule has 0 saturated heterocycles. The van der Waals surface area contributed by atoms with Crippen LogP contribution in [0.2, 0.25) is 0 Å². The Morgan fingerprint density at radius 3 is 2.38 bits per heavy atom. The van der Waals surface area contributed by atoms with Gasteiger partial charge in [0.05, 0.1) is 17.0 Å². The van der Waals surface area contributed by atoms with Crippen molar-refractivity contribution in [2.24, 2.45) is 0 Å². The zero-order chi connectivity index (χ0) is 25.2. The monoisotopic (exact) mass is 494 g/mol. The molecule has 34 heavy (non-hydrogen) atoms. The van der Waals surface area contributed by atoms with Crippen molar-refractivity contribution >= 4 is 26.6 Å². The van der Waals surface area contributed by atoms with Crippen molar-refractivity contribution in [2.45, 2.75) is 63.2 Å². The van der Waals surface area contributed by atoms with Gasteiger partial charge in [-0.1, -0.05) is 12.1 Å². The highest BCUT2D eigenvalue weighted by atomic mass is 32.2. The summed E-state index contributed by atoms with van der Waals surface area (Å²) in [6, 6.07) is 3.38. The summed E-state index contributed by atoms with van der Waals surface area (Å²) in [7, 11) is -3.93. The fraction of sp³-hybridized carbons (Fsp3) is 0.435. The van der Waals surface area contributed by atoms with Gasteiger partial charge in [0.2, 0.25) is 0 Å². The minimum Gasteiger partial charge on any atom is -0.363 e. The number of rotatable bonds is 5. The lowest BCUT2D eigenvalue weighted by Crippen LogP contribution is -2.32. The molecule has 0 bridgehead atoms. The number of hydrogen-bond donors (Lipinski definition) is 1. The van der Waals surface area contributed by atoms with E-state index in [4.69, 9.17) is 0 Å². The van der Waals surface area contributed by atoms with Crippen molar-refractivity contribution in [3.05, 3.63) is 57.3 Å². The van der Waals surface area contributed by atoms with Crippen LogP contribution in [0.25, 0.3) is 10.9 Å². The minimum atomic E-state index is -4.49. The van der Waals surface area contributed by atoms with Crippen LogP contribution in [0.1, 0.15) is 55.2 Å². The molecule has 0 unspecified atom stereocenters. The van der Waals surface area contributed by atoms with Crippen LogP contribution in [0, 0.1) is 13.8 Å². The Bertz CT molecular complexity index is 1480. The molecule has 1 N–H and O–H groups in total. The van der Waals surface area contributed by atoms with E-state index in [0.29, 0.717) is 10.9 Å². The number of halogens is 3. The molecule has 7 nitrogen and oxygen atoms in total. The number of pyridine rings is 1. The van der Waals surface area contributed by atoms with E-state index in [9.17, 15) is 26.4 Å². The lowest BCUT2D eigenvalue weighted by Gasteiger charge is -2.22. The molecule has 0 aliphatic heterocycles. The van der Waals surface area contributed by atoms with Crippen LogP contribution in [0.15, 0.2) is 34.1 Å². The largest absolute Gasteiger partial charge is 0.416 e. The second-order valence-electron chi connectivity index (χ2n) is 9.17. The fourth-order valence-electron chi connectivity index (χ4n) is 4.25. The third kappa shape index (κ3) is 4.17. The van der Waals surface area contributed by atoms with E-state index in [2.05, 4.69) is 15.3 Å². The quantitative estimate of drug-likeness (QED) is 0.561. The summed E-state index contributed by atoms with van der Waals surface area (Å²) in [5.74, 6) is 0.470. The molecule has 1 aliphatic carbocycles. The summed E-state index contributed by atoms with van der Waals surface area (Å²) < 4.78 is 66.8. The molecule has 1 aliphatic rings. The van der Waals surface area contributed by atoms with Gasteiger partial charge in [-0.25, -0.2) is 18.4 Å². The molecule has 11 heteroatoms. The number of hydrogen-bond acceptors (Lipinski definition) is 6. The van der Waals surface area contributed by atoms with E-state index in [1.807, 2.05) is 6.92 Å². The van der Waals surface area contributed by atoms with Gasteiger partial charge in [0.25, 0.3) is 5.56 Å². The molecule has 4 rings (SSSR count). The van der Waals surface area contributed by atoms with E-state index in [1.54, 1.807) is 26.1 Å². The highest BCUT2D eigenvalue weighted by Gasteiger charge is 2.42. The SMILES string of the molecule is Cc1nc(N[C@H](C)c2cccc(C(F)(F)F)c2C)c2cn(C3(C)CC3)c(=O)c(S(C)(=O)=O)c2n1. The second kappa shape index (κ2) is 7.79. The van der Waals surface area contributed by atoms with Crippen molar-refractivity contribution < 1.29 is 21.6 Å². The average molecular weight is 495 g/mol. The number of alkyl halides is 3. The highest BCUT2D eigenvalue weighted by molar-refractivity contribution is 7.91. The van der Waals surface area contributed by atoms with Crippen molar-refractivity contribution in [1.82, 2.24) is 14.5 Å². The number of fused-ring (bicyclic) bond motifs is 1. The van der Waals surface area contributed by atoms with Crippen LogP contribution in [0.3, 0.4) is 0 Å². The summed E-state index contributed by atoms with van der Waals surface area (Å²) in [5, 5.41) is 3.45. The first-order valence-electron chi connectivity index (χ1n) is 10.7. The van der Waals surface area contributed by atoms with Gasteiger partial charge in [-0.05, 0) is 57.7 Å². The van der Waals surface area contributed by atoms with Crippen molar-refractivity contribution in [2.75, 3.05) is 11.6 Å². The van der Waals surface area contributed by atoms with E-state index >= 15 is 0 Å². The highest BCUT2D eigenvalue weighted by Crippen LogP contribution is 2.43. The van der Waals surface area contributed by atoms with Gasteiger partial charge in [0.1, 0.15) is 17.2 Å². The topological polar surface area (TPSA) is 94.0 Å². The molecule has 0 amide bonds. The number of nitrogens with zero attached hydrogens (tertiary/aromatic N) is 3. The van der Waals surface area contributed by atoms with Gasteiger partial charge in [-0.15, -0.1) is 0 Å². The molecule has 2 heterocycles. The molecule has 3 aromatic rings. The smallest absolute Gasteiger partial charge is 0.363 e. The maximum absolute atomic E-state index is 13.4. The van der Waals surface area contributed by atoms with Crippen molar-refractivity contribution in [3.8, 4) is 0 Å². The maximum atomic E-state index is 13.4. The van der Waals surface area contributed by atoms with Gasteiger partial charge in [-0.2, -0.15) is 13.2 Å². The zero-order valence-corrected chi connectivity index (χ0v) is 20.2. The first-order valence-corrected chi connectivity index (χ1v) is 12.6. The third-order valence-corrected chi connectivity index (χ3v) is 7.48. The first-order chi connectivity index (χ1) is 15.6. The van der Waals surface area contributed by atoms with Crippen LogP contribution >= 0.6 is 0 Å². The average Bonchev–Trinajstić information content (AvgIpc) is 3.43. The Hall–Kier alpha value is -2.95. The Labute approximate surface area is 195 Å². The van der Waals surface area contributed by atoms with Gasteiger partial charge >= 0.3 is 6.18 Å². The molecule has 1 aromatic carbocycles. The molecule has 2 aromatic heterocycles. The summed E-state index contributed by atoms with van der Waals surface area (Å²) >= 11 is 0. The van der Waals surface area contributed by atoms with E-state index in [1.165, 1.54) is 17.6 Å². The predicted octanol–water partition coefficient (Wildman–Crippen LogP) is 4.51. The maximum Gasteiger partial charge on any atom is 0.416 e. The summed E-state index contributed by atoms with van der Waals surface area (Å²) in [5.41, 5.74) is -1.36. The molecule has 0 spiro atoms. The molecule has 0 radical (unpaired) electrons. The van der Waals surface area contributed by atoms with Crippen LogP contribution in [0.4, 0.5) is 19.0 Å². The fourth-order valence-corrected chi connectivity index (χ4v) is 5.18. The zero-order valence-electron chi connectivity index (χ0n) is 19.4. The number of aryl methyl sites for hydroxylation is 1. The Morgan fingerprint density at radius 2 is 1.82 bits per heavy atom. The standard InChI is InChI=1S/C23H25F3N4O3S/c1-12-15(7-6-8-17(12)23(24,25)26)13(2)27-20-16-11-30(22(4)9-10-22)21(31)19(34(5,32)33)18(16)28-14(3)29-20/h6-8,11,13H,9-10H2,1-5H3,(H,27,28,29)/t13-/m1/s1. The molecule has 1 atom stereocenters. The van der Waals surface area contributed by atoms with Gasteiger partial charge in [0.15, 0.2) is 14.7 Å². The minimum absolute atomic E-state index is 0.00374. The molecule has 1 saturated carbocycles. The lowest BCUT2D eigenvalue weighted by atomic mass is 9.97. The molecule has 182 valence electrons. The van der Waals surface area contributed by atoms with Crippen LogP contribution in [-0.4, -0.2) is 29.2 Å². The van der Waals surface area contributed by atoms with E-state index < -0.39 is 43.6 Å². The van der Waals surface area contributed by atoms with Crippen LogP contribution in [0.5, 0.6) is 0 Å². The van der Waals surface area contributed by atoms with Gasteiger partial charge < -0.3 is 9.88 Å².